The van der Waals surface area contributed by atoms with Crippen molar-refractivity contribution in [3.63, 3.8) is 0 Å². The van der Waals surface area contributed by atoms with E-state index in [1.165, 1.54) is 4.90 Å². The summed E-state index contributed by atoms with van der Waals surface area (Å²) in [4.78, 5) is 82.8. The minimum atomic E-state index is -1.12. The summed E-state index contributed by atoms with van der Waals surface area (Å²) in [5.74, 6) is -1.61. The Morgan fingerprint density at radius 1 is 0.833 bits per heavy atom. The van der Waals surface area contributed by atoms with Crippen LogP contribution in [0.25, 0.3) is 0 Å². The van der Waals surface area contributed by atoms with Gasteiger partial charge in [-0.25, -0.2) is 9.59 Å². The van der Waals surface area contributed by atoms with Gasteiger partial charge in [0.25, 0.3) is 0 Å². The lowest BCUT2D eigenvalue weighted by Crippen LogP contribution is -2.55. The van der Waals surface area contributed by atoms with Gasteiger partial charge in [-0.2, -0.15) is 12.6 Å². The van der Waals surface area contributed by atoms with Crippen molar-refractivity contribution >= 4 is 48.3 Å². The van der Waals surface area contributed by atoms with Gasteiger partial charge < -0.3 is 47.9 Å². The van der Waals surface area contributed by atoms with E-state index in [0.717, 1.165) is 17.5 Å². The van der Waals surface area contributed by atoms with Crippen molar-refractivity contribution in [2.75, 3.05) is 45.0 Å². The maximum atomic E-state index is 13.7. The number of carbonyl (C=O) groups is 6. The Balaban J connectivity index is 2.13. The summed E-state index contributed by atoms with van der Waals surface area (Å²) in [6.45, 7) is 7.48. The molecule has 0 spiro atoms. The second-order valence-electron chi connectivity index (χ2n) is 13.6. The van der Waals surface area contributed by atoms with Crippen molar-refractivity contribution in [1.29, 1.82) is 0 Å². The molecule has 9 N–H and O–H groups in total. The molecule has 2 aromatic rings. The minimum Gasteiger partial charge on any atom is -0.353 e. The standard InChI is InChI=1S/C37H58N10O6S/c1-4-37(2,3)26-44-36(53)43-18-10-14-29(33(50)41-19-20-54)46-34(51)30(15-9-17-42-35(38)52)45-31(48)25-47(24-27-11-6-5-7-12-27)32(49)23-40-22-28-13-8-16-39-21-28/h5-8,11-13,16,21,29-30,40,54H,4,9-10,14-15,17-20,22-26H2,1-3H3,(H,41,50)(H,45,48)(H,46,51)(H3,38,42,52)(H2,43,44,53). The van der Waals surface area contributed by atoms with E-state index in [1.54, 1.807) is 18.5 Å². The topological polar surface area (TPSA) is 229 Å². The molecule has 1 heterocycles. The quantitative estimate of drug-likeness (QED) is 0.0525. The number of thiol groups is 1. The molecule has 0 saturated heterocycles. The molecule has 54 heavy (non-hydrogen) atoms. The maximum Gasteiger partial charge on any atom is 0.314 e. The minimum absolute atomic E-state index is 0.0476. The second-order valence-corrected chi connectivity index (χ2v) is 14.0. The molecule has 1 aromatic carbocycles. The van der Waals surface area contributed by atoms with E-state index in [1.807, 2.05) is 43.3 Å². The van der Waals surface area contributed by atoms with Gasteiger partial charge in [-0.05, 0) is 54.7 Å². The Hall–Kier alpha value is -4.90. The van der Waals surface area contributed by atoms with E-state index < -0.39 is 35.8 Å². The van der Waals surface area contributed by atoms with Crippen LogP contribution in [0, 0.1) is 5.41 Å². The Labute approximate surface area is 323 Å². The van der Waals surface area contributed by atoms with Crippen LogP contribution in [-0.2, 0) is 32.3 Å². The van der Waals surface area contributed by atoms with E-state index in [2.05, 4.69) is 68.7 Å². The first-order valence-electron chi connectivity index (χ1n) is 18.3. The molecule has 0 saturated carbocycles. The van der Waals surface area contributed by atoms with Gasteiger partial charge in [0.1, 0.15) is 12.1 Å². The average molecular weight is 771 g/mol. The summed E-state index contributed by atoms with van der Waals surface area (Å²) >= 11 is 4.15. The number of rotatable bonds is 25. The number of urea groups is 2. The highest BCUT2D eigenvalue weighted by Gasteiger charge is 2.28. The lowest BCUT2D eigenvalue weighted by Gasteiger charge is -2.26. The first-order chi connectivity index (χ1) is 25.8. The van der Waals surface area contributed by atoms with Crippen molar-refractivity contribution in [1.82, 2.24) is 47.1 Å². The average Bonchev–Trinajstić information content (AvgIpc) is 3.15. The monoisotopic (exact) mass is 770 g/mol. The molecule has 17 heteroatoms. The summed E-state index contributed by atoms with van der Waals surface area (Å²) in [7, 11) is 0. The molecule has 0 aliphatic carbocycles. The number of hydrogen-bond acceptors (Lipinski definition) is 9. The van der Waals surface area contributed by atoms with Crippen LogP contribution in [0.2, 0.25) is 0 Å². The molecular weight excluding hydrogens is 713 g/mol. The molecule has 16 nitrogen and oxygen atoms in total. The molecule has 2 unspecified atom stereocenters. The third-order valence-corrected chi connectivity index (χ3v) is 8.76. The van der Waals surface area contributed by atoms with Gasteiger partial charge in [-0.1, -0.05) is 57.2 Å². The highest BCUT2D eigenvalue weighted by molar-refractivity contribution is 7.80. The van der Waals surface area contributed by atoms with Crippen molar-refractivity contribution in [2.24, 2.45) is 11.1 Å². The normalized spacial score (nSPS) is 12.1. The van der Waals surface area contributed by atoms with Crippen LogP contribution in [0.3, 0.4) is 0 Å². The molecule has 1 aromatic heterocycles. The number of primary amides is 1. The summed E-state index contributed by atoms with van der Waals surface area (Å²) in [5, 5.41) is 19.4. The van der Waals surface area contributed by atoms with Gasteiger partial charge in [0, 0.05) is 57.4 Å². The third-order valence-electron chi connectivity index (χ3n) is 8.54. The van der Waals surface area contributed by atoms with Gasteiger partial charge in [0.15, 0.2) is 0 Å². The largest absolute Gasteiger partial charge is 0.353 e. The van der Waals surface area contributed by atoms with Crippen molar-refractivity contribution < 1.29 is 28.8 Å². The van der Waals surface area contributed by atoms with Crippen LogP contribution in [-0.4, -0.2) is 103 Å². The van der Waals surface area contributed by atoms with E-state index >= 15 is 0 Å². The van der Waals surface area contributed by atoms with Gasteiger partial charge in [-0.3, -0.25) is 24.2 Å². The maximum absolute atomic E-state index is 13.7. The number of nitrogens with one attached hydrogen (secondary N) is 7. The van der Waals surface area contributed by atoms with Crippen LogP contribution in [0.5, 0.6) is 0 Å². The summed E-state index contributed by atoms with van der Waals surface area (Å²) in [6.07, 6.45) is 5.18. The summed E-state index contributed by atoms with van der Waals surface area (Å²) in [5.41, 5.74) is 6.85. The Bertz CT molecular complexity index is 1470. The Morgan fingerprint density at radius 2 is 1.50 bits per heavy atom. The lowest BCUT2D eigenvalue weighted by atomic mass is 9.90. The third kappa shape index (κ3) is 19.3. The van der Waals surface area contributed by atoms with E-state index in [-0.39, 0.29) is 75.9 Å². The SMILES string of the molecule is CCC(C)(C)CNC(=O)NCCCC(NC(=O)C(CCCNC(N)=O)NC(=O)CN(Cc1ccccc1)C(=O)CNCc1cccnc1)C(=O)NCCS. The van der Waals surface area contributed by atoms with Crippen molar-refractivity contribution in [3.05, 3.63) is 66.0 Å². The summed E-state index contributed by atoms with van der Waals surface area (Å²) < 4.78 is 0. The first-order valence-corrected chi connectivity index (χ1v) is 18.9. The van der Waals surface area contributed by atoms with Crippen LogP contribution in [0.15, 0.2) is 54.9 Å². The Morgan fingerprint density at radius 3 is 2.13 bits per heavy atom. The highest BCUT2D eigenvalue weighted by atomic mass is 32.1. The van der Waals surface area contributed by atoms with Gasteiger partial charge >= 0.3 is 12.1 Å². The van der Waals surface area contributed by atoms with E-state index in [4.69, 9.17) is 5.73 Å². The number of carbonyl (C=O) groups excluding carboxylic acids is 6. The molecule has 0 bridgehead atoms. The van der Waals surface area contributed by atoms with Gasteiger partial charge in [0.05, 0.1) is 13.1 Å². The molecule has 0 aliphatic rings. The molecule has 2 atom stereocenters. The van der Waals surface area contributed by atoms with E-state index in [0.29, 0.717) is 25.3 Å². The first kappa shape index (κ1) is 45.3. The molecule has 0 aliphatic heterocycles. The molecular formula is C37H58N10O6S. The second kappa shape index (κ2) is 25.2. The van der Waals surface area contributed by atoms with Crippen LogP contribution in [0.4, 0.5) is 9.59 Å². The number of aromatic nitrogens is 1. The fourth-order valence-corrected chi connectivity index (χ4v) is 5.13. The van der Waals surface area contributed by atoms with Gasteiger partial charge in [-0.15, -0.1) is 0 Å². The summed E-state index contributed by atoms with van der Waals surface area (Å²) in [6, 6.07) is 9.73. The Kier molecular flexibility index (Phi) is 21.1. The molecule has 8 amide bonds. The number of pyridine rings is 1. The number of nitrogens with zero attached hydrogens (tertiary/aromatic N) is 2. The fraction of sp³-hybridized carbons (Fsp3) is 0.541. The highest BCUT2D eigenvalue weighted by Crippen LogP contribution is 2.17. The molecule has 298 valence electrons. The molecule has 0 fully saturated rings. The van der Waals surface area contributed by atoms with Gasteiger partial charge in [0.2, 0.25) is 23.6 Å². The molecule has 2 rings (SSSR count). The lowest BCUT2D eigenvalue weighted by molar-refractivity contribution is -0.137. The number of benzene rings is 1. The zero-order valence-corrected chi connectivity index (χ0v) is 32.5. The number of hydrogen-bond donors (Lipinski definition) is 9. The van der Waals surface area contributed by atoms with E-state index in [9.17, 15) is 28.8 Å². The fourth-order valence-electron chi connectivity index (χ4n) is 5.02. The predicted molar refractivity (Wildman–Crippen MR) is 210 cm³/mol. The van der Waals surface area contributed by atoms with Crippen LogP contribution in [0.1, 0.15) is 64.0 Å². The van der Waals surface area contributed by atoms with Crippen LogP contribution >= 0.6 is 12.6 Å². The number of amides is 8. The number of nitrogens with two attached hydrogens (primary N) is 1. The predicted octanol–water partition coefficient (Wildman–Crippen LogP) is 1.18. The van der Waals surface area contributed by atoms with Crippen molar-refractivity contribution in [3.8, 4) is 0 Å². The van der Waals surface area contributed by atoms with Crippen molar-refractivity contribution in [2.45, 2.75) is 78.0 Å². The zero-order chi connectivity index (χ0) is 39.8. The smallest absolute Gasteiger partial charge is 0.314 e. The van der Waals surface area contributed by atoms with Crippen LogP contribution < -0.4 is 43.0 Å². The zero-order valence-electron chi connectivity index (χ0n) is 31.6. The molecule has 0 radical (unpaired) electrons.